The van der Waals surface area contributed by atoms with Crippen molar-refractivity contribution in [1.29, 1.82) is 0 Å². The maximum atomic E-state index is 12.4. The summed E-state index contributed by atoms with van der Waals surface area (Å²) in [4.78, 5) is 14.2. The Labute approximate surface area is 112 Å². The van der Waals surface area contributed by atoms with Crippen LogP contribution in [0.15, 0.2) is 18.2 Å². The van der Waals surface area contributed by atoms with E-state index in [0.29, 0.717) is 29.1 Å². The van der Waals surface area contributed by atoms with Crippen LogP contribution in [0.25, 0.3) is 0 Å². The molecule has 1 aliphatic rings. The van der Waals surface area contributed by atoms with E-state index in [4.69, 9.17) is 23.2 Å². The SMILES string of the molecule is Cc1cccc(C(=O)N(CCCl)C2CC2)c1Cl. The predicted molar refractivity (Wildman–Crippen MR) is 71.0 cm³/mol. The van der Waals surface area contributed by atoms with Crippen LogP contribution in [0.1, 0.15) is 28.8 Å². The molecule has 0 bridgehead atoms. The van der Waals surface area contributed by atoms with Gasteiger partial charge in [-0.25, -0.2) is 0 Å². The Hall–Kier alpha value is -0.730. The molecule has 0 aromatic heterocycles. The van der Waals surface area contributed by atoms with Gasteiger partial charge in [0.25, 0.3) is 5.91 Å². The number of alkyl halides is 1. The van der Waals surface area contributed by atoms with Crippen LogP contribution >= 0.6 is 23.2 Å². The summed E-state index contributed by atoms with van der Waals surface area (Å²) in [6.07, 6.45) is 2.15. The van der Waals surface area contributed by atoms with E-state index in [0.717, 1.165) is 18.4 Å². The molecule has 0 heterocycles. The van der Waals surface area contributed by atoms with Crippen molar-refractivity contribution >= 4 is 29.1 Å². The molecule has 0 atom stereocenters. The van der Waals surface area contributed by atoms with E-state index < -0.39 is 0 Å². The van der Waals surface area contributed by atoms with Crippen LogP contribution < -0.4 is 0 Å². The molecule has 17 heavy (non-hydrogen) atoms. The van der Waals surface area contributed by atoms with E-state index in [1.807, 2.05) is 24.0 Å². The van der Waals surface area contributed by atoms with Crippen LogP contribution in [0.5, 0.6) is 0 Å². The molecule has 1 aromatic rings. The van der Waals surface area contributed by atoms with Crippen LogP contribution in [0.3, 0.4) is 0 Å². The molecule has 0 N–H and O–H groups in total. The zero-order valence-electron chi connectivity index (χ0n) is 9.75. The maximum absolute atomic E-state index is 12.4. The zero-order valence-corrected chi connectivity index (χ0v) is 11.3. The number of carbonyl (C=O) groups excluding carboxylic acids is 1. The fourth-order valence-corrected chi connectivity index (χ4v) is 2.28. The van der Waals surface area contributed by atoms with Crippen LogP contribution in [0.2, 0.25) is 5.02 Å². The van der Waals surface area contributed by atoms with Crippen molar-refractivity contribution in [3.8, 4) is 0 Å². The number of carbonyl (C=O) groups is 1. The molecule has 2 rings (SSSR count). The number of rotatable bonds is 4. The van der Waals surface area contributed by atoms with Gasteiger partial charge in [0.2, 0.25) is 0 Å². The summed E-state index contributed by atoms with van der Waals surface area (Å²) in [5.41, 5.74) is 1.52. The second-order valence-corrected chi connectivity index (χ2v) is 5.11. The standard InChI is InChI=1S/C13H15Cl2NO/c1-9-3-2-4-11(12(9)15)13(17)16(8-7-14)10-5-6-10/h2-4,10H,5-8H2,1H3. The summed E-state index contributed by atoms with van der Waals surface area (Å²) in [6, 6.07) is 5.90. The van der Waals surface area contributed by atoms with Crippen molar-refractivity contribution in [1.82, 2.24) is 4.90 Å². The molecular weight excluding hydrogens is 257 g/mol. The van der Waals surface area contributed by atoms with Crippen LogP contribution in [0.4, 0.5) is 0 Å². The van der Waals surface area contributed by atoms with Crippen molar-refractivity contribution in [2.45, 2.75) is 25.8 Å². The Morgan fingerprint density at radius 3 is 2.76 bits per heavy atom. The van der Waals surface area contributed by atoms with Crippen LogP contribution in [-0.4, -0.2) is 29.3 Å². The third-order valence-electron chi connectivity index (χ3n) is 3.00. The normalized spacial score (nSPS) is 14.8. The van der Waals surface area contributed by atoms with Crippen molar-refractivity contribution in [3.05, 3.63) is 34.3 Å². The molecule has 0 spiro atoms. The molecule has 1 fully saturated rings. The third-order valence-corrected chi connectivity index (χ3v) is 3.67. The fraction of sp³-hybridized carbons (Fsp3) is 0.462. The van der Waals surface area contributed by atoms with Crippen molar-refractivity contribution in [3.63, 3.8) is 0 Å². The first-order valence-corrected chi connectivity index (χ1v) is 6.68. The van der Waals surface area contributed by atoms with Gasteiger partial charge in [-0.1, -0.05) is 23.7 Å². The Morgan fingerprint density at radius 1 is 1.47 bits per heavy atom. The highest BCUT2D eigenvalue weighted by atomic mass is 35.5. The second-order valence-electron chi connectivity index (χ2n) is 4.36. The Kier molecular flexibility index (Phi) is 3.95. The molecule has 0 radical (unpaired) electrons. The predicted octanol–water partition coefficient (Wildman–Crippen LogP) is 3.49. The van der Waals surface area contributed by atoms with Crippen molar-refractivity contribution in [2.24, 2.45) is 0 Å². The molecule has 92 valence electrons. The van der Waals surface area contributed by atoms with Gasteiger partial charge in [0.05, 0.1) is 10.6 Å². The zero-order chi connectivity index (χ0) is 12.4. The average Bonchev–Trinajstić information content (AvgIpc) is 3.13. The lowest BCUT2D eigenvalue weighted by atomic mass is 10.1. The average molecular weight is 272 g/mol. The van der Waals surface area contributed by atoms with Gasteiger partial charge in [-0.2, -0.15) is 0 Å². The van der Waals surface area contributed by atoms with Gasteiger partial charge in [-0.15, -0.1) is 11.6 Å². The lowest BCUT2D eigenvalue weighted by Crippen LogP contribution is -2.35. The minimum absolute atomic E-state index is 0.00171. The molecule has 1 amide bonds. The summed E-state index contributed by atoms with van der Waals surface area (Å²) in [5, 5.41) is 0.553. The second kappa shape index (κ2) is 5.28. The number of hydrogen-bond donors (Lipinski definition) is 0. The van der Waals surface area contributed by atoms with E-state index >= 15 is 0 Å². The van der Waals surface area contributed by atoms with Gasteiger partial charge in [-0.3, -0.25) is 4.79 Å². The lowest BCUT2D eigenvalue weighted by Gasteiger charge is -2.22. The van der Waals surface area contributed by atoms with Gasteiger partial charge in [0.15, 0.2) is 0 Å². The molecule has 0 aliphatic heterocycles. The first-order valence-electron chi connectivity index (χ1n) is 5.77. The van der Waals surface area contributed by atoms with E-state index in [1.54, 1.807) is 6.07 Å². The Balaban J connectivity index is 2.25. The summed E-state index contributed by atoms with van der Waals surface area (Å²) >= 11 is 11.9. The molecule has 4 heteroatoms. The van der Waals surface area contributed by atoms with E-state index in [-0.39, 0.29) is 5.91 Å². The van der Waals surface area contributed by atoms with Gasteiger partial charge >= 0.3 is 0 Å². The molecule has 1 aliphatic carbocycles. The van der Waals surface area contributed by atoms with Gasteiger partial charge in [-0.05, 0) is 31.4 Å². The maximum Gasteiger partial charge on any atom is 0.255 e. The van der Waals surface area contributed by atoms with Crippen molar-refractivity contribution in [2.75, 3.05) is 12.4 Å². The first-order chi connectivity index (χ1) is 8.15. The summed E-state index contributed by atoms with van der Waals surface area (Å²) in [6.45, 7) is 2.50. The number of hydrogen-bond acceptors (Lipinski definition) is 1. The smallest absolute Gasteiger partial charge is 0.255 e. The minimum atomic E-state index is 0.00171. The molecule has 0 unspecified atom stereocenters. The molecule has 2 nitrogen and oxygen atoms in total. The quantitative estimate of drug-likeness (QED) is 0.768. The van der Waals surface area contributed by atoms with E-state index in [2.05, 4.69) is 0 Å². The highest BCUT2D eigenvalue weighted by Gasteiger charge is 2.33. The topological polar surface area (TPSA) is 20.3 Å². The van der Waals surface area contributed by atoms with Crippen LogP contribution in [-0.2, 0) is 0 Å². The number of aryl methyl sites for hydroxylation is 1. The fourth-order valence-electron chi connectivity index (χ4n) is 1.89. The lowest BCUT2D eigenvalue weighted by molar-refractivity contribution is 0.0754. The monoisotopic (exact) mass is 271 g/mol. The summed E-state index contributed by atoms with van der Waals surface area (Å²) < 4.78 is 0. The van der Waals surface area contributed by atoms with E-state index in [1.165, 1.54) is 0 Å². The summed E-state index contributed by atoms with van der Waals surface area (Å²) in [7, 11) is 0. The Bertz CT molecular complexity index is 429. The highest BCUT2D eigenvalue weighted by molar-refractivity contribution is 6.34. The molecular formula is C13H15Cl2NO. The van der Waals surface area contributed by atoms with Gasteiger partial charge < -0.3 is 4.90 Å². The summed E-state index contributed by atoms with van der Waals surface area (Å²) in [5.74, 6) is 0.466. The largest absolute Gasteiger partial charge is 0.334 e. The van der Waals surface area contributed by atoms with Crippen LogP contribution in [0, 0.1) is 6.92 Å². The van der Waals surface area contributed by atoms with Gasteiger partial charge in [0.1, 0.15) is 0 Å². The molecule has 1 saturated carbocycles. The minimum Gasteiger partial charge on any atom is -0.334 e. The first kappa shape index (κ1) is 12.7. The molecule has 1 aromatic carbocycles. The number of amides is 1. The number of halogens is 2. The highest BCUT2D eigenvalue weighted by Crippen LogP contribution is 2.30. The van der Waals surface area contributed by atoms with E-state index in [9.17, 15) is 4.79 Å². The number of nitrogens with zero attached hydrogens (tertiary/aromatic N) is 1. The van der Waals surface area contributed by atoms with Gasteiger partial charge in [0, 0.05) is 18.5 Å². The Morgan fingerprint density at radius 2 is 2.18 bits per heavy atom. The number of benzene rings is 1. The van der Waals surface area contributed by atoms with Crippen molar-refractivity contribution < 1.29 is 4.79 Å². The third kappa shape index (κ3) is 2.75. The molecule has 0 saturated heterocycles.